The monoisotopic (exact) mass is 389 g/mol. The molecule has 0 aliphatic heterocycles. The molecule has 146 valence electrons. The zero-order valence-electron chi connectivity index (χ0n) is 15.8. The molecule has 0 radical (unpaired) electrons. The Labute approximate surface area is 165 Å². The molecule has 8 heteroatoms. The summed E-state index contributed by atoms with van der Waals surface area (Å²) in [5, 5.41) is 5.23. The van der Waals surface area contributed by atoms with E-state index < -0.39 is 0 Å². The zero-order valence-corrected chi connectivity index (χ0v) is 15.8. The standard InChI is InChI=1S/C21H19N5O3/c1-25(13-19-23-16-8-4-2-6-14(16)21(29)24-19)20(28)10-11-26-17-9-5-3-7-15(17)18(27)12-22-26/h2-9,12H,10-11,13H2,1H3,(H,23,24,29). The van der Waals surface area contributed by atoms with Crippen LogP contribution >= 0.6 is 0 Å². The van der Waals surface area contributed by atoms with E-state index in [2.05, 4.69) is 15.1 Å². The number of H-pyrrole nitrogens is 1. The number of fused-ring (bicyclic) bond motifs is 2. The fourth-order valence-corrected chi connectivity index (χ4v) is 3.25. The van der Waals surface area contributed by atoms with Gasteiger partial charge in [-0.3, -0.25) is 19.1 Å². The Kier molecular flexibility index (Phi) is 4.90. The topological polar surface area (TPSA) is 101 Å². The van der Waals surface area contributed by atoms with Crippen LogP contribution in [0.1, 0.15) is 12.2 Å². The van der Waals surface area contributed by atoms with Crippen molar-refractivity contribution in [2.24, 2.45) is 0 Å². The van der Waals surface area contributed by atoms with Gasteiger partial charge in [0.15, 0.2) is 0 Å². The molecular weight excluding hydrogens is 370 g/mol. The van der Waals surface area contributed by atoms with Gasteiger partial charge >= 0.3 is 0 Å². The Balaban J connectivity index is 1.48. The van der Waals surface area contributed by atoms with Crippen LogP contribution in [0.5, 0.6) is 0 Å². The Morgan fingerprint density at radius 1 is 1.07 bits per heavy atom. The lowest BCUT2D eigenvalue weighted by molar-refractivity contribution is -0.130. The van der Waals surface area contributed by atoms with Crippen LogP contribution in [-0.2, 0) is 17.9 Å². The predicted molar refractivity (Wildman–Crippen MR) is 109 cm³/mol. The van der Waals surface area contributed by atoms with Crippen molar-refractivity contribution in [3.63, 3.8) is 0 Å². The number of carbonyl (C=O) groups is 1. The van der Waals surface area contributed by atoms with E-state index >= 15 is 0 Å². The minimum Gasteiger partial charge on any atom is -0.338 e. The smallest absolute Gasteiger partial charge is 0.258 e. The molecular formula is C21H19N5O3. The molecule has 4 rings (SSSR count). The molecule has 0 aliphatic carbocycles. The van der Waals surface area contributed by atoms with E-state index in [-0.39, 0.29) is 29.9 Å². The van der Waals surface area contributed by atoms with E-state index in [1.54, 1.807) is 42.1 Å². The molecule has 0 fully saturated rings. The lowest BCUT2D eigenvalue weighted by Gasteiger charge is -2.17. The Morgan fingerprint density at radius 3 is 2.62 bits per heavy atom. The molecule has 2 heterocycles. The van der Waals surface area contributed by atoms with Gasteiger partial charge in [-0.25, -0.2) is 4.98 Å². The normalized spacial score (nSPS) is 11.1. The number of aromatic amines is 1. The van der Waals surface area contributed by atoms with Gasteiger partial charge in [0.2, 0.25) is 11.3 Å². The summed E-state index contributed by atoms with van der Waals surface area (Å²) in [6, 6.07) is 14.2. The zero-order chi connectivity index (χ0) is 20.4. The minimum atomic E-state index is -0.227. The Hall–Kier alpha value is -3.81. The first-order chi connectivity index (χ1) is 14.0. The maximum Gasteiger partial charge on any atom is 0.258 e. The first-order valence-corrected chi connectivity index (χ1v) is 9.20. The summed E-state index contributed by atoms with van der Waals surface area (Å²) in [5.74, 6) is 0.307. The highest BCUT2D eigenvalue weighted by Gasteiger charge is 2.13. The average Bonchev–Trinajstić information content (AvgIpc) is 2.73. The number of aryl methyl sites for hydroxylation is 1. The van der Waals surface area contributed by atoms with Crippen LogP contribution in [-0.4, -0.2) is 37.6 Å². The summed E-state index contributed by atoms with van der Waals surface area (Å²) < 4.78 is 1.65. The molecule has 0 saturated carbocycles. The Morgan fingerprint density at radius 2 is 1.79 bits per heavy atom. The van der Waals surface area contributed by atoms with Crippen molar-refractivity contribution in [1.82, 2.24) is 24.6 Å². The molecule has 2 aromatic heterocycles. The van der Waals surface area contributed by atoms with Crippen LogP contribution < -0.4 is 11.0 Å². The second-order valence-electron chi connectivity index (χ2n) is 6.78. The van der Waals surface area contributed by atoms with Crippen molar-refractivity contribution in [2.45, 2.75) is 19.5 Å². The van der Waals surface area contributed by atoms with Crippen molar-refractivity contribution in [3.8, 4) is 0 Å². The maximum atomic E-state index is 12.6. The van der Waals surface area contributed by atoms with Crippen molar-refractivity contribution in [3.05, 3.63) is 81.1 Å². The van der Waals surface area contributed by atoms with Gasteiger partial charge < -0.3 is 9.88 Å². The van der Waals surface area contributed by atoms with Crippen LogP contribution in [0.3, 0.4) is 0 Å². The molecule has 8 nitrogen and oxygen atoms in total. The van der Waals surface area contributed by atoms with E-state index in [9.17, 15) is 14.4 Å². The molecule has 1 N–H and O–H groups in total. The molecule has 1 amide bonds. The first-order valence-electron chi connectivity index (χ1n) is 9.20. The summed E-state index contributed by atoms with van der Waals surface area (Å²) in [6.07, 6.45) is 1.47. The number of hydrogen-bond acceptors (Lipinski definition) is 5. The number of benzene rings is 2. The van der Waals surface area contributed by atoms with Crippen LogP contribution in [0.25, 0.3) is 21.8 Å². The molecule has 0 aliphatic rings. The molecule has 0 saturated heterocycles. The summed E-state index contributed by atoms with van der Waals surface area (Å²) in [5.41, 5.74) is 0.911. The van der Waals surface area contributed by atoms with Crippen LogP contribution in [0.15, 0.2) is 64.3 Å². The molecule has 29 heavy (non-hydrogen) atoms. The number of hydrogen-bond donors (Lipinski definition) is 1. The van der Waals surface area contributed by atoms with Gasteiger partial charge in [-0.2, -0.15) is 5.10 Å². The highest BCUT2D eigenvalue weighted by atomic mass is 16.2. The lowest BCUT2D eigenvalue weighted by Crippen LogP contribution is -2.29. The van der Waals surface area contributed by atoms with Gasteiger partial charge in [0.25, 0.3) is 5.56 Å². The van der Waals surface area contributed by atoms with E-state index in [0.29, 0.717) is 34.2 Å². The van der Waals surface area contributed by atoms with Crippen molar-refractivity contribution >= 4 is 27.7 Å². The molecule has 0 bridgehead atoms. The third-order valence-electron chi connectivity index (χ3n) is 4.77. The number of nitrogens with one attached hydrogen (secondary N) is 1. The van der Waals surface area contributed by atoms with Crippen LogP contribution in [0.4, 0.5) is 0 Å². The van der Waals surface area contributed by atoms with E-state index in [1.165, 1.54) is 11.1 Å². The highest BCUT2D eigenvalue weighted by Crippen LogP contribution is 2.10. The van der Waals surface area contributed by atoms with Crippen LogP contribution in [0, 0.1) is 0 Å². The number of rotatable bonds is 5. The van der Waals surface area contributed by atoms with Gasteiger partial charge in [0.05, 0.1) is 35.7 Å². The van der Waals surface area contributed by atoms with Gasteiger partial charge in [0, 0.05) is 18.9 Å². The number of carbonyl (C=O) groups excluding carboxylic acids is 1. The van der Waals surface area contributed by atoms with Gasteiger partial charge in [0.1, 0.15) is 5.82 Å². The fraction of sp³-hybridized carbons (Fsp3) is 0.190. The maximum absolute atomic E-state index is 12.6. The SMILES string of the molecule is CN(Cc1nc2ccccc2c(=O)[nH]1)C(=O)CCn1ncc(=O)c2ccccc21. The fourth-order valence-electron chi connectivity index (χ4n) is 3.25. The second kappa shape index (κ2) is 7.67. The highest BCUT2D eigenvalue weighted by molar-refractivity contribution is 5.79. The van der Waals surface area contributed by atoms with Crippen molar-refractivity contribution in [1.29, 1.82) is 0 Å². The van der Waals surface area contributed by atoms with E-state index in [0.717, 1.165) is 0 Å². The molecule has 0 spiro atoms. The predicted octanol–water partition coefficient (Wildman–Crippen LogP) is 1.68. The van der Waals surface area contributed by atoms with Gasteiger partial charge in [-0.15, -0.1) is 0 Å². The largest absolute Gasteiger partial charge is 0.338 e. The minimum absolute atomic E-state index is 0.120. The summed E-state index contributed by atoms with van der Waals surface area (Å²) in [7, 11) is 1.66. The first kappa shape index (κ1) is 18.5. The van der Waals surface area contributed by atoms with Crippen molar-refractivity contribution in [2.75, 3.05) is 7.05 Å². The number of nitrogens with zero attached hydrogens (tertiary/aromatic N) is 4. The average molecular weight is 389 g/mol. The third kappa shape index (κ3) is 3.77. The molecule has 2 aromatic carbocycles. The second-order valence-corrected chi connectivity index (χ2v) is 6.78. The number of para-hydroxylation sites is 2. The molecule has 4 aromatic rings. The van der Waals surface area contributed by atoms with E-state index in [4.69, 9.17) is 0 Å². The summed E-state index contributed by atoms with van der Waals surface area (Å²) >= 11 is 0. The molecule has 0 atom stereocenters. The van der Waals surface area contributed by atoms with Crippen LogP contribution in [0.2, 0.25) is 0 Å². The van der Waals surface area contributed by atoms with Gasteiger partial charge in [-0.05, 0) is 24.3 Å². The quantitative estimate of drug-likeness (QED) is 0.560. The van der Waals surface area contributed by atoms with Gasteiger partial charge in [-0.1, -0.05) is 24.3 Å². The summed E-state index contributed by atoms with van der Waals surface area (Å²) in [4.78, 5) is 45.3. The molecule has 0 unspecified atom stereocenters. The lowest BCUT2D eigenvalue weighted by atomic mass is 10.2. The Bertz CT molecular complexity index is 1330. The number of amides is 1. The number of aromatic nitrogens is 4. The van der Waals surface area contributed by atoms with E-state index in [1.807, 2.05) is 18.2 Å². The van der Waals surface area contributed by atoms with Crippen molar-refractivity contribution < 1.29 is 4.79 Å². The third-order valence-corrected chi connectivity index (χ3v) is 4.77. The summed E-state index contributed by atoms with van der Waals surface area (Å²) in [6.45, 7) is 0.531.